The summed E-state index contributed by atoms with van der Waals surface area (Å²) in [6.07, 6.45) is -3.83. The number of benzene rings is 2. The molecule has 2 aromatic rings. The van der Waals surface area contributed by atoms with Crippen LogP contribution in [0.15, 0.2) is 42.5 Å². The number of hydrogen-bond donors (Lipinski definition) is 0. The zero-order valence-electron chi connectivity index (χ0n) is 10.7. The smallest absolute Gasteiger partial charge is 0.419 e. The van der Waals surface area contributed by atoms with Crippen LogP contribution < -0.4 is 4.74 Å². The highest BCUT2D eigenvalue weighted by atomic mass is 19.4. The summed E-state index contributed by atoms with van der Waals surface area (Å²) in [5, 5.41) is 0. The van der Waals surface area contributed by atoms with Crippen LogP contribution in [0.5, 0.6) is 11.5 Å². The summed E-state index contributed by atoms with van der Waals surface area (Å²) in [7, 11) is 0. The van der Waals surface area contributed by atoms with Crippen LogP contribution in [-0.4, -0.2) is 0 Å². The van der Waals surface area contributed by atoms with Gasteiger partial charge in [0, 0.05) is 6.07 Å². The van der Waals surface area contributed by atoms with Gasteiger partial charge in [0.15, 0.2) is 0 Å². The van der Waals surface area contributed by atoms with Crippen molar-refractivity contribution in [2.45, 2.75) is 19.5 Å². The third-order valence-electron chi connectivity index (χ3n) is 2.81. The Morgan fingerprint density at radius 3 is 2.05 bits per heavy atom. The van der Waals surface area contributed by atoms with Crippen LogP contribution >= 0.6 is 0 Å². The van der Waals surface area contributed by atoms with Crippen molar-refractivity contribution in [3.05, 3.63) is 59.4 Å². The Labute approximate surface area is 113 Å². The molecule has 2 rings (SSSR count). The van der Waals surface area contributed by atoms with E-state index in [1.54, 1.807) is 12.1 Å². The van der Waals surface area contributed by atoms with Crippen molar-refractivity contribution in [2.75, 3.05) is 0 Å². The maximum atomic E-state index is 13.4. The summed E-state index contributed by atoms with van der Waals surface area (Å²) in [4.78, 5) is 0. The van der Waals surface area contributed by atoms with E-state index in [1.807, 2.05) is 19.1 Å². The number of aryl methyl sites for hydroxylation is 1. The Kier molecular flexibility index (Phi) is 3.97. The predicted octanol–water partition coefficient (Wildman–Crippen LogP) is 5.20. The highest BCUT2D eigenvalue weighted by Gasteiger charge is 2.34. The third kappa shape index (κ3) is 3.29. The Morgan fingerprint density at radius 2 is 1.55 bits per heavy atom. The number of ether oxygens (including phenoxy) is 1. The van der Waals surface area contributed by atoms with Crippen molar-refractivity contribution in [1.29, 1.82) is 0 Å². The van der Waals surface area contributed by atoms with Gasteiger partial charge in [-0.05, 0) is 36.2 Å². The first kappa shape index (κ1) is 14.4. The molecule has 0 aliphatic rings. The van der Waals surface area contributed by atoms with Gasteiger partial charge in [-0.3, -0.25) is 0 Å². The molecule has 0 amide bonds. The number of hydrogen-bond acceptors (Lipinski definition) is 1. The maximum Gasteiger partial charge on any atom is 0.419 e. The molecule has 0 bridgehead atoms. The van der Waals surface area contributed by atoms with Gasteiger partial charge in [0.2, 0.25) is 0 Å². The molecule has 0 radical (unpaired) electrons. The van der Waals surface area contributed by atoms with E-state index in [-0.39, 0.29) is 5.75 Å². The second-order valence-corrected chi connectivity index (χ2v) is 4.24. The van der Waals surface area contributed by atoms with E-state index in [4.69, 9.17) is 4.74 Å². The molecule has 0 saturated heterocycles. The van der Waals surface area contributed by atoms with Crippen LogP contribution in [0.25, 0.3) is 0 Å². The fourth-order valence-corrected chi connectivity index (χ4v) is 1.72. The molecule has 0 saturated carbocycles. The SMILES string of the molecule is CCc1ccc(Oc2ccc(C(F)(F)F)c(F)c2)cc1. The fraction of sp³-hybridized carbons (Fsp3) is 0.200. The Morgan fingerprint density at radius 1 is 0.950 bits per heavy atom. The summed E-state index contributed by atoms with van der Waals surface area (Å²) in [5.41, 5.74) is -0.192. The van der Waals surface area contributed by atoms with Gasteiger partial charge in [-0.1, -0.05) is 19.1 Å². The van der Waals surface area contributed by atoms with Crippen LogP contribution in [0, 0.1) is 5.82 Å². The first-order valence-corrected chi connectivity index (χ1v) is 6.03. The molecule has 1 nitrogen and oxygen atoms in total. The van der Waals surface area contributed by atoms with E-state index in [9.17, 15) is 17.6 Å². The van der Waals surface area contributed by atoms with E-state index in [2.05, 4.69) is 0 Å². The summed E-state index contributed by atoms with van der Waals surface area (Å²) < 4.78 is 55.9. The van der Waals surface area contributed by atoms with Crippen molar-refractivity contribution in [1.82, 2.24) is 0 Å². The van der Waals surface area contributed by atoms with Crippen LogP contribution in [0.1, 0.15) is 18.1 Å². The Hall–Kier alpha value is -2.04. The normalized spacial score (nSPS) is 11.4. The van der Waals surface area contributed by atoms with Crippen LogP contribution in [0.3, 0.4) is 0 Å². The van der Waals surface area contributed by atoms with Gasteiger partial charge in [-0.2, -0.15) is 13.2 Å². The van der Waals surface area contributed by atoms with Gasteiger partial charge in [-0.25, -0.2) is 4.39 Å². The van der Waals surface area contributed by atoms with E-state index in [1.165, 1.54) is 0 Å². The van der Waals surface area contributed by atoms with Crippen molar-refractivity contribution < 1.29 is 22.3 Å². The van der Waals surface area contributed by atoms with Crippen molar-refractivity contribution in [3.63, 3.8) is 0 Å². The lowest BCUT2D eigenvalue weighted by molar-refractivity contribution is -0.140. The summed E-state index contributed by atoms with van der Waals surface area (Å²) in [5.74, 6) is -0.874. The van der Waals surface area contributed by atoms with E-state index in [0.717, 1.165) is 24.1 Å². The topological polar surface area (TPSA) is 9.23 Å². The predicted molar refractivity (Wildman–Crippen MR) is 67.3 cm³/mol. The van der Waals surface area contributed by atoms with Gasteiger partial charge in [0.05, 0.1) is 5.56 Å². The molecule has 0 spiro atoms. The zero-order chi connectivity index (χ0) is 14.8. The van der Waals surface area contributed by atoms with Crippen LogP contribution in [-0.2, 0) is 12.6 Å². The molecule has 5 heteroatoms. The molecule has 0 heterocycles. The molecule has 0 aliphatic heterocycles. The molecular formula is C15H12F4O. The first-order valence-electron chi connectivity index (χ1n) is 6.03. The molecular weight excluding hydrogens is 272 g/mol. The molecule has 0 fully saturated rings. The highest BCUT2D eigenvalue weighted by molar-refractivity contribution is 5.36. The molecule has 2 aromatic carbocycles. The molecule has 0 aromatic heterocycles. The highest BCUT2D eigenvalue weighted by Crippen LogP contribution is 2.33. The van der Waals surface area contributed by atoms with Gasteiger partial charge in [0.1, 0.15) is 17.3 Å². The second kappa shape index (κ2) is 5.53. The number of rotatable bonds is 3. The van der Waals surface area contributed by atoms with Gasteiger partial charge in [-0.15, -0.1) is 0 Å². The molecule has 0 N–H and O–H groups in total. The van der Waals surface area contributed by atoms with Gasteiger partial charge < -0.3 is 4.74 Å². The molecule has 0 unspecified atom stereocenters. The molecule has 106 valence electrons. The minimum atomic E-state index is -4.70. The quantitative estimate of drug-likeness (QED) is 0.704. The fourth-order valence-electron chi connectivity index (χ4n) is 1.72. The Balaban J connectivity index is 2.19. The summed E-state index contributed by atoms with van der Waals surface area (Å²) in [6.45, 7) is 2.00. The van der Waals surface area contributed by atoms with Crippen molar-refractivity contribution in [3.8, 4) is 11.5 Å². The number of alkyl halides is 3. The molecule has 0 aliphatic carbocycles. The minimum Gasteiger partial charge on any atom is -0.457 e. The lowest BCUT2D eigenvalue weighted by Crippen LogP contribution is -2.07. The largest absolute Gasteiger partial charge is 0.457 e. The second-order valence-electron chi connectivity index (χ2n) is 4.24. The van der Waals surface area contributed by atoms with Crippen molar-refractivity contribution in [2.24, 2.45) is 0 Å². The molecule has 20 heavy (non-hydrogen) atoms. The van der Waals surface area contributed by atoms with Crippen LogP contribution in [0.2, 0.25) is 0 Å². The van der Waals surface area contributed by atoms with E-state index >= 15 is 0 Å². The zero-order valence-corrected chi connectivity index (χ0v) is 10.7. The van der Waals surface area contributed by atoms with Crippen LogP contribution in [0.4, 0.5) is 17.6 Å². The summed E-state index contributed by atoms with van der Waals surface area (Å²) in [6, 6.07) is 9.57. The minimum absolute atomic E-state index is 0.0275. The Bertz CT molecular complexity index is 588. The average molecular weight is 284 g/mol. The van der Waals surface area contributed by atoms with E-state index < -0.39 is 17.6 Å². The van der Waals surface area contributed by atoms with E-state index in [0.29, 0.717) is 11.8 Å². The lowest BCUT2D eigenvalue weighted by atomic mass is 10.1. The van der Waals surface area contributed by atoms with Crippen molar-refractivity contribution >= 4 is 0 Å². The first-order chi connectivity index (χ1) is 9.40. The summed E-state index contributed by atoms with van der Waals surface area (Å²) >= 11 is 0. The number of halogens is 4. The standard InChI is InChI=1S/C15H12F4O/c1-2-10-3-5-11(6-4-10)20-12-7-8-13(14(16)9-12)15(17,18)19/h3-9H,2H2,1H3. The maximum absolute atomic E-state index is 13.4. The monoisotopic (exact) mass is 284 g/mol. The lowest BCUT2D eigenvalue weighted by Gasteiger charge is -2.10. The third-order valence-corrected chi connectivity index (χ3v) is 2.81. The van der Waals surface area contributed by atoms with Gasteiger partial charge >= 0.3 is 6.18 Å². The van der Waals surface area contributed by atoms with Gasteiger partial charge in [0.25, 0.3) is 0 Å². The average Bonchev–Trinajstić information content (AvgIpc) is 2.38. The molecule has 0 atom stereocenters.